The Hall–Kier alpha value is -3.46. The maximum absolute atomic E-state index is 13.2. The number of carbonyl (C=O) groups is 3. The number of hydrogen-bond acceptors (Lipinski definition) is 5. The molecule has 3 N–H and O–H groups in total. The van der Waals surface area contributed by atoms with Crippen molar-refractivity contribution in [1.29, 1.82) is 0 Å². The molecule has 0 fully saturated rings. The minimum Gasteiger partial charge on any atom is -0.467 e. The summed E-state index contributed by atoms with van der Waals surface area (Å²) in [5.41, 5.74) is 0.699. The third kappa shape index (κ3) is 5.76. The minimum absolute atomic E-state index is 0.0659. The van der Waals surface area contributed by atoms with Crippen LogP contribution in [-0.4, -0.2) is 24.3 Å². The molecule has 0 saturated heterocycles. The van der Waals surface area contributed by atoms with Crippen LogP contribution < -0.4 is 16.0 Å². The van der Waals surface area contributed by atoms with E-state index in [0.29, 0.717) is 11.3 Å². The summed E-state index contributed by atoms with van der Waals surface area (Å²) in [5, 5.41) is 9.32. The van der Waals surface area contributed by atoms with E-state index in [4.69, 9.17) is 4.42 Å². The van der Waals surface area contributed by atoms with Crippen LogP contribution in [-0.2, 0) is 20.9 Å². The van der Waals surface area contributed by atoms with E-state index in [9.17, 15) is 18.8 Å². The maximum atomic E-state index is 13.2. The molecule has 0 aliphatic rings. The molecule has 2 heterocycles. The standard InChI is InChI=1S/C20H18FN3O4S/c21-14-7-5-13(6-8-14)18(16-4-2-10-29-16)24-17(25)12-23-20(27)19(26)22-11-15-3-1-9-28-15/h1-10,18H,11-12H2,(H,22,26)(H,23,27)(H,24,25)/t18-/m0/s1. The van der Waals surface area contributed by atoms with E-state index in [2.05, 4.69) is 16.0 Å². The van der Waals surface area contributed by atoms with Crippen molar-refractivity contribution >= 4 is 29.1 Å². The molecule has 0 radical (unpaired) electrons. The molecule has 1 aromatic carbocycles. The van der Waals surface area contributed by atoms with E-state index in [-0.39, 0.29) is 18.9 Å². The number of rotatable bonds is 7. The van der Waals surface area contributed by atoms with E-state index in [1.807, 2.05) is 17.5 Å². The fourth-order valence-corrected chi connectivity index (χ4v) is 3.35. The van der Waals surface area contributed by atoms with Crippen molar-refractivity contribution in [3.63, 3.8) is 0 Å². The fourth-order valence-electron chi connectivity index (χ4n) is 2.54. The summed E-state index contributed by atoms with van der Waals surface area (Å²) >= 11 is 1.44. The van der Waals surface area contributed by atoms with Crippen LogP contribution in [0.5, 0.6) is 0 Å². The molecule has 3 rings (SSSR count). The fraction of sp³-hybridized carbons (Fsp3) is 0.150. The molecule has 3 amide bonds. The Labute approximate surface area is 169 Å². The third-order valence-corrected chi connectivity index (χ3v) is 4.89. The van der Waals surface area contributed by atoms with Gasteiger partial charge in [-0.3, -0.25) is 14.4 Å². The van der Waals surface area contributed by atoms with Gasteiger partial charge in [0.05, 0.1) is 25.4 Å². The van der Waals surface area contributed by atoms with Gasteiger partial charge in [-0.25, -0.2) is 4.39 Å². The summed E-state index contributed by atoms with van der Waals surface area (Å²) < 4.78 is 18.3. The Morgan fingerprint density at radius 3 is 2.41 bits per heavy atom. The van der Waals surface area contributed by atoms with Crippen molar-refractivity contribution in [2.24, 2.45) is 0 Å². The van der Waals surface area contributed by atoms with Crippen molar-refractivity contribution < 1.29 is 23.2 Å². The molecule has 0 unspecified atom stereocenters. The van der Waals surface area contributed by atoms with Crippen molar-refractivity contribution in [2.75, 3.05) is 6.54 Å². The van der Waals surface area contributed by atoms with Crippen LogP contribution in [0.25, 0.3) is 0 Å². The molecule has 0 saturated carbocycles. The SMILES string of the molecule is O=C(CNC(=O)C(=O)NCc1ccco1)N[C@@H](c1ccc(F)cc1)c1cccs1. The molecule has 0 bridgehead atoms. The molecule has 3 aromatic rings. The molecule has 2 aromatic heterocycles. The monoisotopic (exact) mass is 415 g/mol. The van der Waals surface area contributed by atoms with Crippen LogP contribution in [0, 0.1) is 5.82 Å². The highest BCUT2D eigenvalue weighted by Gasteiger charge is 2.20. The summed E-state index contributed by atoms with van der Waals surface area (Å²) in [6.07, 6.45) is 1.46. The Kier molecular flexibility index (Phi) is 6.75. The number of hydrogen-bond donors (Lipinski definition) is 3. The number of amides is 3. The zero-order chi connectivity index (χ0) is 20.6. The number of carbonyl (C=O) groups excluding carboxylic acids is 3. The Morgan fingerprint density at radius 2 is 1.76 bits per heavy atom. The zero-order valence-electron chi connectivity index (χ0n) is 15.2. The van der Waals surface area contributed by atoms with Gasteiger partial charge in [0.15, 0.2) is 0 Å². The largest absolute Gasteiger partial charge is 0.467 e. The van der Waals surface area contributed by atoms with Gasteiger partial charge in [0.25, 0.3) is 0 Å². The first-order valence-corrected chi connectivity index (χ1v) is 9.57. The van der Waals surface area contributed by atoms with Gasteiger partial charge in [-0.1, -0.05) is 18.2 Å². The molecular weight excluding hydrogens is 397 g/mol. The van der Waals surface area contributed by atoms with Crippen molar-refractivity contribution in [3.8, 4) is 0 Å². The van der Waals surface area contributed by atoms with E-state index in [0.717, 1.165) is 4.88 Å². The van der Waals surface area contributed by atoms with Gasteiger partial charge in [-0.15, -0.1) is 11.3 Å². The van der Waals surface area contributed by atoms with Gasteiger partial charge in [0, 0.05) is 4.88 Å². The zero-order valence-corrected chi connectivity index (χ0v) is 16.0. The second-order valence-corrected chi connectivity index (χ2v) is 6.99. The van der Waals surface area contributed by atoms with E-state index in [1.165, 1.54) is 29.7 Å². The summed E-state index contributed by atoms with van der Waals surface area (Å²) in [4.78, 5) is 36.8. The molecule has 1 atom stereocenters. The molecule has 0 aliphatic carbocycles. The second kappa shape index (κ2) is 9.65. The molecule has 150 valence electrons. The average molecular weight is 415 g/mol. The lowest BCUT2D eigenvalue weighted by Gasteiger charge is -2.18. The van der Waals surface area contributed by atoms with Gasteiger partial charge in [-0.2, -0.15) is 0 Å². The maximum Gasteiger partial charge on any atom is 0.309 e. The number of halogens is 1. The van der Waals surface area contributed by atoms with Crippen molar-refractivity contribution in [1.82, 2.24) is 16.0 Å². The number of thiophene rings is 1. The third-order valence-electron chi connectivity index (χ3n) is 3.96. The lowest BCUT2D eigenvalue weighted by atomic mass is 10.1. The quantitative estimate of drug-likeness (QED) is 0.515. The van der Waals surface area contributed by atoms with Gasteiger partial charge in [0.2, 0.25) is 5.91 Å². The summed E-state index contributed by atoms with van der Waals surface area (Å²) in [6, 6.07) is 12.3. The summed E-state index contributed by atoms with van der Waals surface area (Å²) in [7, 11) is 0. The Balaban J connectivity index is 1.54. The molecule has 29 heavy (non-hydrogen) atoms. The highest BCUT2D eigenvalue weighted by Crippen LogP contribution is 2.26. The van der Waals surface area contributed by atoms with E-state index < -0.39 is 23.8 Å². The Morgan fingerprint density at radius 1 is 1.00 bits per heavy atom. The molecule has 7 nitrogen and oxygen atoms in total. The highest BCUT2D eigenvalue weighted by atomic mass is 32.1. The number of nitrogens with one attached hydrogen (secondary N) is 3. The molecule has 0 aliphatic heterocycles. The number of benzene rings is 1. The topological polar surface area (TPSA) is 100 Å². The lowest BCUT2D eigenvalue weighted by Crippen LogP contribution is -2.44. The van der Waals surface area contributed by atoms with Crippen LogP contribution in [0.15, 0.2) is 64.6 Å². The average Bonchev–Trinajstić information content (AvgIpc) is 3.43. The van der Waals surface area contributed by atoms with Gasteiger partial charge in [-0.05, 0) is 41.3 Å². The molecular formula is C20H18FN3O4S. The highest BCUT2D eigenvalue weighted by molar-refractivity contribution is 7.10. The first-order chi connectivity index (χ1) is 14.0. The number of furan rings is 1. The first-order valence-electron chi connectivity index (χ1n) is 8.69. The van der Waals surface area contributed by atoms with Crippen LogP contribution in [0.4, 0.5) is 4.39 Å². The lowest BCUT2D eigenvalue weighted by molar-refractivity contribution is -0.139. The van der Waals surface area contributed by atoms with Crippen LogP contribution in [0.3, 0.4) is 0 Å². The van der Waals surface area contributed by atoms with Crippen LogP contribution in [0.1, 0.15) is 22.2 Å². The smallest absolute Gasteiger partial charge is 0.309 e. The Bertz CT molecular complexity index is 956. The van der Waals surface area contributed by atoms with E-state index >= 15 is 0 Å². The second-order valence-electron chi connectivity index (χ2n) is 6.01. The van der Waals surface area contributed by atoms with Crippen LogP contribution in [0.2, 0.25) is 0 Å². The van der Waals surface area contributed by atoms with Crippen molar-refractivity contribution in [2.45, 2.75) is 12.6 Å². The van der Waals surface area contributed by atoms with Crippen molar-refractivity contribution in [3.05, 3.63) is 82.2 Å². The summed E-state index contributed by atoms with van der Waals surface area (Å²) in [6.45, 7) is -0.313. The van der Waals surface area contributed by atoms with Gasteiger partial charge < -0.3 is 20.4 Å². The van der Waals surface area contributed by atoms with Crippen LogP contribution >= 0.6 is 11.3 Å². The summed E-state index contributed by atoms with van der Waals surface area (Å²) in [5.74, 6) is -2.16. The first kappa shape index (κ1) is 20.3. The van der Waals surface area contributed by atoms with Gasteiger partial charge >= 0.3 is 11.8 Å². The van der Waals surface area contributed by atoms with Gasteiger partial charge in [0.1, 0.15) is 11.6 Å². The molecule has 0 spiro atoms. The molecule has 9 heteroatoms. The predicted octanol–water partition coefficient (Wildman–Crippen LogP) is 2.12. The normalized spacial score (nSPS) is 11.5. The minimum atomic E-state index is -0.929. The predicted molar refractivity (Wildman–Crippen MR) is 104 cm³/mol. The van der Waals surface area contributed by atoms with E-state index in [1.54, 1.807) is 24.3 Å².